The summed E-state index contributed by atoms with van der Waals surface area (Å²) in [6.07, 6.45) is 1.35. The van der Waals surface area contributed by atoms with Crippen molar-refractivity contribution in [2.24, 2.45) is 0 Å². The van der Waals surface area contributed by atoms with Crippen molar-refractivity contribution in [2.45, 2.75) is 19.1 Å². The van der Waals surface area contributed by atoms with E-state index in [4.69, 9.17) is 4.74 Å². The fourth-order valence-corrected chi connectivity index (χ4v) is 2.14. The average Bonchev–Trinajstić information content (AvgIpc) is 2.51. The lowest BCUT2D eigenvalue weighted by molar-refractivity contribution is -0.0628. The molecule has 3 heteroatoms. The van der Waals surface area contributed by atoms with Crippen molar-refractivity contribution >= 4 is 5.91 Å². The van der Waals surface area contributed by atoms with Gasteiger partial charge in [0, 0.05) is 25.3 Å². The SMILES string of the molecule is O=C1c2ccccc2CN1CC1CCO1. The van der Waals surface area contributed by atoms with Gasteiger partial charge in [0.2, 0.25) is 0 Å². The minimum atomic E-state index is 0.154. The molecule has 78 valence electrons. The average molecular weight is 203 g/mol. The lowest BCUT2D eigenvalue weighted by atomic mass is 10.1. The lowest BCUT2D eigenvalue weighted by Gasteiger charge is -2.30. The third-order valence-corrected chi connectivity index (χ3v) is 3.11. The maximum Gasteiger partial charge on any atom is 0.254 e. The quantitative estimate of drug-likeness (QED) is 0.727. The Labute approximate surface area is 88.6 Å². The second kappa shape index (κ2) is 3.35. The van der Waals surface area contributed by atoms with Gasteiger partial charge in [-0.1, -0.05) is 18.2 Å². The molecule has 2 heterocycles. The molecule has 1 amide bonds. The van der Waals surface area contributed by atoms with Crippen molar-refractivity contribution < 1.29 is 9.53 Å². The molecule has 1 fully saturated rings. The van der Waals surface area contributed by atoms with Gasteiger partial charge in [-0.15, -0.1) is 0 Å². The Morgan fingerprint density at radius 1 is 1.40 bits per heavy atom. The Morgan fingerprint density at radius 2 is 2.20 bits per heavy atom. The van der Waals surface area contributed by atoms with Crippen LogP contribution in [0.1, 0.15) is 22.3 Å². The molecule has 1 aromatic rings. The summed E-state index contributed by atoms with van der Waals surface area (Å²) in [5.41, 5.74) is 2.00. The molecule has 1 saturated heterocycles. The number of nitrogens with zero attached hydrogens (tertiary/aromatic N) is 1. The fourth-order valence-electron chi connectivity index (χ4n) is 2.14. The third-order valence-electron chi connectivity index (χ3n) is 3.11. The van der Waals surface area contributed by atoms with Crippen LogP contribution in [-0.4, -0.2) is 30.1 Å². The highest BCUT2D eigenvalue weighted by Crippen LogP contribution is 2.24. The molecule has 0 aliphatic carbocycles. The summed E-state index contributed by atoms with van der Waals surface area (Å²) >= 11 is 0. The van der Waals surface area contributed by atoms with Crippen molar-refractivity contribution in [1.82, 2.24) is 4.90 Å². The Kier molecular flexibility index (Phi) is 1.99. The molecule has 1 unspecified atom stereocenters. The van der Waals surface area contributed by atoms with E-state index in [9.17, 15) is 4.79 Å². The minimum absolute atomic E-state index is 0.154. The number of hydrogen-bond donors (Lipinski definition) is 0. The number of fused-ring (bicyclic) bond motifs is 1. The van der Waals surface area contributed by atoms with Gasteiger partial charge in [-0.2, -0.15) is 0 Å². The zero-order valence-electron chi connectivity index (χ0n) is 8.48. The van der Waals surface area contributed by atoms with Crippen molar-refractivity contribution in [3.05, 3.63) is 35.4 Å². The molecule has 1 aromatic carbocycles. The number of amides is 1. The zero-order chi connectivity index (χ0) is 10.3. The van der Waals surface area contributed by atoms with Gasteiger partial charge in [-0.25, -0.2) is 0 Å². The van der Waals surface area contributed by atoms with Gasteiger partial charge in [0.05, 0.1) is 6.10 Å². The van der Waals surface area contributed by atoms with Crippen molar-refractivity contribution in [2.75, 3.05) is 13.2 Å². The molecule has 0 saturated carbocycles. The standard InChI is InChI=1S/C12H13NO2/c14-12-11-4-2-1-3-9(11)7-13(12)8-10-5-6-15-10/h1-4,10H,5-8H2. The molecule has 2 aliphatic rings. The monoisotopic (exact) mass is 203 g/mol. The molecule has 0 spiro atoms. The van der Waals surface area contributed by atoms with Crippen LogP contribution in [0.3, 0.4) is 0 Å². The Balaban J connectivity index is 1.77. The predicted octanol–water partition coefficient (Wildman–Crippen LogP) is 1.43. The smallest absolute Gasteiger partial charge is 0.254 e. The van der Waals surface area contributed by atoms with E-state index in [1.54, 1.807) is 0 Å². The van der Waals surface area contributed by atoms with E-state index in [-0.39, 0.29) is 12.0 Å². The van der Waals surface area contributed by atoms with E-state index in [2.05, 4.69) is 0 Å². The second-order valence-electron chi connectivity index (χ2n) is 4.12. The number of benzene rings is 1. The number of carbonyl (C=O) groups is 1. The maximum atomic E-state index is 11.9. The van der Waals surface area contributed by atoms with Gasteiger partial charge >= 0.3 is 0 Å². The number of rotatable bonds is 2. The molecular formula is C12H13NO2. The molecular weight excluding hydrogens is 190 g/mol. The molecule has 15 heavy (non-hydrogen) atoms. The Hall–Kier alpha value is -1.35. The summed E-state index contributed by atoms with van der Waals surface area (Å²) in [5.74, 6) is 0.154. The summed E-state index contributed by atoms with van der Waals surface area (Å²) < 4.78 is 5.35. The molecule has 0 aromatic heterocycles. The molecule has 0 bridgehead atoms. The third kappa shape index (κ3) is 1.43. The van der Waals surface area contributed by atoms with Crippen molar-refractivity contribution in [3.63, 3.8) is 0 Å². The van der Waals surface area contributed by atoms with E-state index >= 15 is 0 Å². The van der Waals surface area contributed by atoms with E-state index in [1.807, 2.05) is 29.2 Å². The van der Waals surface area contributed by atoms with Gasteiger partial charge in [0.15, 0.2) is 0 Å². The van der Waals surface area contributed by atoms with Crippen LogP contribution in [0.15, 0.2) is 24.3 Å². The van der Waals surface area contributed by atoms with Gasteiger partial charge in [-0.3, -0.25) is 4.79 Å². The summed E-state index contributed by atoms with van der Waals surface area (Å²) in [6.45, 7) is 2.34. The van der Waals surface area contributed by atoms with Crippen LogP contribution in [0.5, 0.6) is 0 Å². The first-order chi connectivity index (χ1) is 7.34. The number of hydrogen-bond acceptors (Lipinski definition) is 2. The zero-order valence-corrected chi connectivity index (χ0v) is 8.48. The van der Waals surface area contributed by atoms with E-state index in [1.165, 1.54) is 0 Å². The van der Waals surface area contributed by atoms with Crippen LogP contribution in [0.25, 0.3) is 0 Å². The molecule has 0 N–H and O–H groups in total. The highest BCUT2D eigenvalue weighted by atomic mass is 16.5. The first-order valence-corrected chi connectivity index (χ1v) is 5.33. The predicted molar refractivity (Wildman–Crippen MR) is 55.5 cm³/mol. The highest BCUT2D eigenvalue weighted by molar-refractivity contribution is 5.98. The van der Waals surface area contributed by atoms with Gasteiger partial charge in [-0.05, 0) is 18.1 Å². The van der Waals surface area contributed by atoms with Crippen LogP contribution < -0.4 is 0 Å². The van der Waals surface area contributed by atoms with Crippen LogP contribution in [0, 0.1) is 0 Å². The molecule has 0 radical (unpaired) electrons. The molecule has 1 atom stereocenters. The van der Waals surface area contributed by atoms with Crippen LogP contribution in [0.2, 0.25) is 0 Å². The van der Waals surface area contributed by atoms with Crippen LogP contribution in [-0.2, 0) is 11.3 Å². The van der Waals surface area contributed by atoms with E-state index in [0.717, 1.165) is 37.2 Å². The maximum absolute atomic E-state index is 11.9. The lowest BCUT2D eigenvalue weighted by Crippen LogP contribution is -2.40. The summed E-state index contributed by atoms with van der Waals surface area (Å²) in [4.78, 5) is 13.8. The summed E-state index contributed by atoms with van der Waals surface area (Å²) in [6, 6.07) is 7.82. The largest absolute Gasteiger partial charge is 0.376 e. The minimum Gasteiger partial charge on any atom is -0.376 e. The van der Waals surface area contributed by atoms with Crippen molar-refractivity contribution in [1.29, 1.82) is 0 Å². The Bertz CT molecular complexity index is 398. The van der Waals surface area contributed by atoms with Gasteiger partial charge < -0.3 is 9.64 Å². The topological polar surface area (TPSA) is 29.5 Å². The summed E-state index contributed by atoms with van der Waals surface area (Å²) in [5, 5.41) is 0. The van der Waals surface area contributed by atoms with Crippen LogP contribution in [0.4, 0.5) is 0 Å². The van der Waals surface area contributed by atoms with E-state index in [0.29, 0.717) is 0 Å². The Morgan fingerprint density at radius 3 is 2.87 bits per heavy atom. The molecule has 3 nitrogen and oxygen atoms in total. The van der Waals surface area contributed by atoms with Gasteiger partial charge in [0.1, 0.15) is 0 Å². The second-order valence-corrected chi connectivity index (χ2v) is 4.12. The van der Waals surface area contributed by atoms with Crippen LogP contribution >= 0.6 is 0 Å². The number of carbonyl (C=O) groups excluding carboxylic acids is 1. The number of ether oxygens (including phenoxy) is 1. The first-order valence-electron chi connectivity index (χ1n) is 5.33. The molecule has 2 aliphatic heterocycles. The van der Waals surface area contributed by atoms with E-state index < -0.39 is 0 Å². The van der Waals surface area contributed by atoms with Crippen molar-refractivity contribution in [3.8, 4) is 0 Å². The highest BCUT2D eigenvalue weighted by Gasteiger charge is 2.30. The first kappa shape index (κ1) is 8.92. The molecule has 3 rings (SSSR count). The summed E-state index contributed by atoms with van der Waals surface area (Å²) in [7, 11) is 0. The fraction of sp³-hybridized carbons (Fsp3) is 0.417. The normalized spacial score (nSPS) is 23.9. The van der Waals surface area contributed by atoms with Gasteiger partial charge in [0.25, 0.3) is 5.91 Å².